The molecule has 3 unspecified atom stereocenters. The molecule has 0 aliphatic rings. The standard InChI is InChI=1S/C52H101NO5/c1-4-7-10-13-16-19-22-25-26-27-30-33-36-39-42-45-52(57)58-48(43-40-37-34-31-28-23-20-17-14-11-8-5-2)46-51(56)53-49(47-54)50(55)44-41-38-35-32-29-24-21-18-15-12-9-6-3/h31,34,48-50,54-55H,4-30,32-33,35-47H2,1-3H3,(H,53,56)/b34-31-. The number of hydrogen-bond acceptors (Lipinski definition) is 5. The first kappa shape index (κ1) is 56.6. The smallest absolute Gasteiger partial charge is 0.306 e. The van der Waals surface area contributed by atoms with Crippen LogP contribution in [0, 0.1) is 0 Å². The highest BCUT2D eigenvalue weighted by atomic mass is 16.5. The van der Waals surface area contributed by atoms with Gasteiger partial charge in [0, 0.05) is 6.42 Å². The van der Waals surface area contributed by atoms with E-state index in [2.05, 4.69) is 38.2 Å². The predicted octanol–water partition coefficient (Wildman–Crippen LogP) is 15.3. The Hall–Kier alpha value is -1.40. The summed E-state index contributed by atoms with van der Waals surface area (Å²) in [5.74, 6) is -0.486. The number of unbranched alkanes of at least 4 members (excludes halogenated alkanes) is 33. The third-order valence-electron chi connectivity index (χ3n) is 12.1. The zero-order valence-electron chi connectivity index (χ0n) is 39.2. The number of nitrogens with one attached hydrogen (secondary N) is 1. The van der Waals surface area contributed by atoms with Gasteiger partial charge in [0.15, 0.2) is 0 Å². The van der Waals surface area contributed by atoms with Crippen molar-refractivity contribution in [2.75, 3.05) is 6.61 Å². The topological polar surface area (TPSA) is 95.9 Å². The van der Waals surface area contributed by atoms with Crippen LogP contribution in [0.4, 0.5) is 0 Å². The maximum Gasteiger partial charge on any atom is 0.306 e. The first-order valence-electron chi connectivity index (χ1n) is 25.9. The number of carbonyl (C=O) groups excluding carboxylic acids is 2. The molecule has 0 bridgehead atoms. The molecule has 0 saturated heterocycles. The summed E-state index contributed by atoms with van der Waals surface area (Å²) in [5, 5.41) is 23.7. The molecule has 1 amide bonds. The van der Waals surface area contributed by atoms with Gasteiger partial charge in [0.05, 0.1) is 25.2 Å². The van der Waals surface area contributed by atoms with E-state index in [4.69, 9.17) is 4.74 Å². The number of carbonyl (C=O) groups is 2. The number of hydrogen-bond donors (Lipinski definition) is 3. The molecule has 344 valence electrons. The fourth-order valence-electron chi connectivity index (χ4n) is 8.14. The molecule has 0 aromatic rings. The van der Waals surface area contributed by atoms with Crippen LogP contribution in [0.25, 0.3) is 0 Å². The second-order valence-electron chi connectivity index (χ2n) is 17.9. The van der Waals surface area contributed by atoms with Gasteiger partial charge in [-0.05, 0) is 44.9 Å². The van der Waals surface area contributed by atoms with Crippen molar-refractivity contribution in [1.29, 1.82) is 0 Å². The van der Waals surface area contributed by atoms with E-state index in [1.54, 1.807) is 0 Å². The minimum Gasteiger partial charge on any atom is -0.462 e. The molecule has 0 aliphatic heterocycles. The van der Waals surface area contributed by atoms with Gasteiger partial charge in [-0.3, -0.25) is 9.59 Å². The van der Waals surface area contributed by atoms with Crippen molar-refractivity contribution >= 4 is 11.9 Å². The molecule has 0 aliphatic carbocycles. The van der Waals surface area contributed by atoms with Crippen LogP contribution in [-0.2, 0) is 14.3 Å². The van der Waals surface area contributed by atoms with Crippen molar-refractivity contribution < 1.29 is 24.5 Å². The molecule has 3 atom stereocenters. The first-order chi connectivity index (χ1) is 28.5. The summed E-state index contributed by atoms with van der Waals surface area (Å²) in [5.41, 5.74) is 0. The summed E-state index contributed by atoms with van der Waals surface area (Å²) in [6, 6.07) is -0.702. The highest BCUT2D eigenvalue weighted by Gasteiger charge is 2.24. The SMILES string of the molecule is CCCCCCCCC/C=C\CCCC(CC(=O)NC(CO)C(O)CCCCCCCCCCCCCC)OC(=O)CCCCCCCCCCCCCCCCC. The van der Waals surface area contributed by atoms with E-state index in [0.717, 1.165) is 51.4 Å². The van der Waals surface area contributed by atoms with Crippen molar-refractivity contribution in [3.63, 3.8) is 0 Å². The Morgan fingerprint density at radius 3 is 1.26 bits per heavy atom. The van der Waals surface area contributed by atoms with E-state index in [9.17, 15) is 19.8 Å². The molecular weight excluding hydrogens is 719 g/mol. The minimum absolute atomic E-state index is 0.0637. The van der Waals surface area contributed by atoms with Crippen LogP contribution >= 0.6 is 0 Å². The molecule has 0 spiro atoms. The fraction of sp³-hybridized carbons (Fsp3) is 0.923. The summed E-state index contributed by atoms with van der Waals surface area (Å²) in [6.07, 6.45) is 51.3. The molecule has 0 heterocycles. The largest absolute Gasteiger partial charge is 0.462 e. The Kier molecular flexibility index (Phi) is 45.5. The zero-order valence-corrected chi connectivity index (χ0v) is 39.2. The van der Waals surface area contributed by atoms with Crippen LogP contribution in [0.5, 0.6) is 0 Å². The monoisotopic (exact) mass is 820 g/mol. The van der Waals surface area contributed by atoms with Crippen LogP contribution in [-0.4, -0.2) is 46.9 Å². The van der Waals surface area contributed by atoms with Crippen LogP contribution in [0.2, 0.25) is 0 Å². The fourth-order valence-corrected chi connectivity index (χ4v) is 8.14. The van der Waals surface area contributed by atoms with Gasteiger partial charge in [0.25, 0.3) is 0 Å². The number of allylic oxidation sites excluding steroid dienone is 2. The minimum atomic E-state index is -0.787. The van der Waals surface area contributed by atoms with Crippen molar-refractivity contribution in [3.05, 3.63) is 12.2 Å². The number of rotatable bonds is 47. The lowest BCUT2D eigenvalue weighted by Gasteiger charge is -2.24. The molecule has 3 N–H and O–H groups in total. The van der Waals surface area contributed by atoms with E-state index in [0.29, 0.717) is 19.3 Å². The lowest BCUT2D eigenvalue weighted by Crippen LogP contribution is -2.46. The van der Waals surface area contributed by atoms with E-state index in [1.807, 2.05) is 0 Å². The second-order valence-corrected chi connectivity index (χ2v) is 17.9. The Bertz CT molecular complexity index is 878. The van der Waals surface area contributed by atoms with Gasteiger partial charge in [0.2, 0.25) is 5.91 Å². The number of amides is 1. The van der Waals surface area contributed by atoms with Crippen LogP contribution < -0.4 is 5.32 Å². The molecule has 0 aromatic heterocycles. The number of aliphatic hydroxyl groups excluding tert-OH is 2. The van der Waals surface area contributed by atoms with Gasteiger partial charge >= 0.3 is 5.97 Å². The molecule has 6 nitrogen and oxygen atoms in total. The summed E-state index contributed by atoms with van der Waals surface area (Å²) in [7, 11) is 0. The van der Waals surface area contributed by atoms with Gasteiger partial charge < -0.3 is 20.3 Å². The summed E-state index contributed by atoms with van der Waals surface area (Å²) in [6.45, 7) is 6.49. The van der Waals surface area contributed by atoms with Crippen LogP contribution in [0.1, 0.15) is 284 Å². The van der Waals surface area contributed by atoms with Crippen LogP contribution in [0.3, 0.4) is 0 Å². The lowest BCUT2D eigenvalue weighted by molar-refractivity contribution is -0.151. The molecule has 6 heteroatoms. The summed E-state index contributed by atoms with van der Waals surface area (Å²) in [4.78, 5) is 26.1. The van der Waals surface area contributed by atoms with Gasteiger partial charge in [0.1, 0.15) is 6.10 Å². The summed E-state index contributed by atoms with van der Waals surface area (Å²) >= 11 is 0. The molecule has 0 rings (SSSR count). The van der Waals surface area contributed by atoms with Crippen molar-refractivity contribution in [2.45, 2.75) is 302 Å². The van der Waals surface area contributed by atoms with E-state index in [1.165, 1.54) is 186 Å². The van der Waals surface area contributed by atoms with E-state index in [-0.39, 0.29) is 24.9 Å². The van der Waals surface area contributed by atoms with E-state index >= 15 is 0 Å². The number of ether oxygens (including phenoxy) is 1. The van der Waals surface area contributed by atoms with Crippen molar-refractivity contribution in [3.8, 4) is 0 Å². The highest BCUT2D eigenvalue weighted by Crippen LogP contribution is 2.18. The molecule has 58 heavy (non-hydrogen) atoms. The quantitative estimate of drug-likeness (QED) is 0.0323. The van der Waals surface area contributed by atoms with Crippen molar-refractivity contribution in [2.24, 2.45) is 0 Å². The van der Waals surface area contributed by atoms with Gasteiger partial charge in [-0.1, -0.05) is 238 Å². The highest BCUT2D eigenvalue weighted by molar-refractivity contribution is 5.77. The third-order valence-corrected chi connectivity index (χ3v) is 12.1. The zero-order chi connectivity index (χ0) is 42.4. The van der Waals surface area contributed by atoms with Gasteiger partial charge in [-0.2, -0.15) is 0 Å². The first-order valence-corrected chi connectivity index (χ1v) is 25.9. The number of esters is 1. The van der Waals surface area contributed by atoms with Gasteiger partial charge in [-0.25, -0.2) is 0 Å². The average Bonchev–Trinajstić information content (AvgIpc) is 3.22. The number of aliphatic hydroxyl groups is 2. The predicted molar refractivity (Wildman–Crippen MR) is 250 cm³/mol. The van der Waals surface area contributed by atoms with E-state index < -0.39 is 18.2 Å². The maximum atomic E-state index is 13.2. The Morgan fingerprint density at radius 1 is 0.483 bits per heavy atom. The molecule has 0 fully saturated rings. The lowest BCUT2D eigenvalue weighted by atomic mass is 10.0. The maximum absolute atomic E-state index is 13.2. The molecule has 0 aromatic carbocycles. The Morgan fingerprint density at radius 2 is 0.845 bits per heavy atom. The molecule has 0 saturated carbocycles. The molecule has 0 radical (unpaired) electrons. The Balaban J connectivity index is 4.54. The second kappa shape index (κ2) is 46.7. The van der Waals surface area contributed by atoms with Crippen LogP contribution in [0.15, 0.2) is 12.2 Å². The van der Waals surface area contributed by atoms with Crippen molar-refractivity contribution in [1.82, 2.24) is 5.32 Å². The van der Waals surface area contributed by atoms with Gasteiger partial charge in [-0.15, -0.1) is 0 Å². The summed E-state index contributed by atoms with van der Waals surface area (Å²) < 4.78 is 5.92. The Labute approximate surface area is 361 Å². The molecular formula is C52H101NO5. The average molecular weight is 820 g/mol. The normalized spacial score (nSPS) is 13.3. The third kappa shape index (κ3) is 41.3.